The highest BCUT2D eigenvalue weighted by Crippen LogP contribution is 2.28. The molecule has 3 aromatic rings. The maximum Gasteiger partial charge on any atom is 0.266 e. The van der Waals surface area contributed by atoms with Crippen LogP contribution in [0.15, 0.2) is 54.7 Å². The van der Waals surface area contributed by atoms with Gasteiger partial charge in [-0.3, -0.25) is 9.59 Å². The molecule has 0 bridgehead atoms. The molecule has 6 nitrogen and oxygen atoms in total. The van der Waals surface area contributed by atoms with Gasteiger partial charge in [0, 0.05) is 0 Å². The number of anilines is 1. The highest BCUT2D eigenvalue weighted by Gasteiger charge is 2.36. The molecule has 118 valence electrons. The Bertz CT molecular complexity index is 909. The topological polar surface area (TPSA) is 68.1 Å². The van der Waals surface area contributed by atoms with Gasteiger partial charge in [-0.15, -0.1) is 5.10 Å². The van der Waals surface area contributed by atoms with Crippen molar-refractivity contribution >= 4 is 17.5 Å². The summed E-state index contributed by atoms with van der Waals surface area (Å²) in [6.07, 6.45) is 2.67. The highest BCUT2D eigenvalue weighted by molar-refractivity contribution is 6.34. The first-order valence-electron chi connectivity index (χ1n) is 7.68. The Morgan fingerprint density at radius 2 is 1.46 bits per heavy atom. The Labute approximate surface area is 138 Å². The first-order valence-corrected chi connectivity index (χ1v) is 7.68. The number of amides is 2. The van der Waals surface area contributed by atoms with Crippen molar-refractivity contribution in [1.82, 2.24) is 15.0 Å². The molecule has 0 N–H and O–H groups in total. The molecule has 0 fully saturated rings. The summed E-state index contributed by atoms with van der Waals surface area (Å²) in [5.41, 5.74) is 3.15. The number of hydrogen-bond donors (Lipinski definition) is 0. The molecule has 1 aromatic heterocycles. The molecule has 2 heterocycles. The van der Waals surface area contributed by atoms with Gasteiger partial charge in [0.1, 0.15) is 0 Å². The Morgan fingerprint density at radius 3 is 2.00 bits per heavy atom. The minimum absolute atomic E-state index is 0.294. The molecule has 2 aromatic carbocycles. The molecular weight excluding hydrogens is 304 g/mol. The predicted octanol–water partition coefficient (Wildman–Crippen LogP) is 2.63. The average Bonchev–Trinajstić information content (AvgIpc) is 3.20. The number of aryl methyl sites for hydroxylation is 1. The summed E-state index contributed by atoms with van der Waals surface area (Å²) in [4.78, 5) is 26.2. The van der Waals surface area contributed by atoms with Crippen LogP contribution >= 0.6 is 0 Å². The average molecular weight is 318 g/mol. The molecule has 6 heteroatoms. The Kier molecular flexibility index (Phi) is 3.23. The van der Waals surface area contributed by atoms with Gasteiger partial charge in [-0.2, -0.15) is 0 Å². The number of nitrogens with zero attached hydrogens (tertiary/aromatic N) is 4. The number of benzene rings is 2. The number of imide groups is 1. The molecule has 0 radical (unpaired) electrons. The van der Waals surface area contributed by atoms with Crippen LogP contribution in [0, 0.1) is 0 Å². The zero-order valence-electron chi connectivity index (χ0n) is 13.0. The summed E-state index contributed by atoms with van der Waals surface area (Å²) in [7, 11) is 0. The van der Waals surface area contributed by atoms with Gasteiger partial charge in [0.15, 0.2) is 0 Å². The van der Waals surface area contributed by atoms with Crippen LogP contribution in [0.4, 0.5) is 5.69 Å². The lowest BCUT2D eigenvalue weighted by Gasteiger charge is -2.14. The van der Waals surface area contributed by atoms with Gasteiger partial charge in [-0.1, -0.05) is 24.3 Å². The van der Waals surface area contributed by atoms with Gasteiger partial charge in [0.2, 0.25) is 0 Å². The van der Waals surface area contributed by atoms with E-state index in [1.54, 1.807) is 41.1 Å². The summed E-state index contributed by atoms with van der Waals surface area (Å²) in [6, 6.07) is 14.0. The molecule has 0 atom stereocenters. The standard InChI is InChI=1S/C18H14N4O2/c1-2-12-11-21(20-19-12)13-7-9-14(10-8-13)22-17(23)15-5-3-4-6-16(15)18(22)24/h3-11H,2H2,1H3. The second-order valence-corrected chi connectivity index (χ2v) is 5.52. The van der Waals surface area contributed by atoms with Crippen molar-refractivity contribution in [3.8, 4) is 5.69 Å². The molecule has 0 unspecified atom stereocenters. The van der Waals surface area contributed by atoms with Crippen molar-refractivity contribution in [1.29, 1.82) is 0 Å². The van der Waals surface area contributed by atoms with E-state index in [0.29, 0.717) is 16.8 Å². The second-order valence-electron chi connectivity index (χ2n) is 5.52. The third-order valence-corrected chi connectivity index (χ3v) is 4.07. The minimum Gasteiger partial charge on any atom is -0.268 e. The van der Waals surface area contributed by atoms with E-state index in [1.165, 1.54) is 4.90 Å². The quantitative estimate of drug-likeness (QED) is 0.696. The van der Waals surface area contributed by atoms with Crippen molar-refractivity contribution in [3.63, 3.8) is 0 Å². The highest BCUT2D eigenvalue weighted by atomic mass is 16.2. The molecule has 4 rings (SSSR count). The molecular formula is C18H14N4O2. The van der Waals surface area contributed by atoms with E-state index in [2.05, 4.69) is 10.3 Å². The molecule has 2 amide bonds. The normalized spacial score (nSPS) is 13.5. The van der Waals surface area contributed by atoms with Crippen LogP contribution in [0.2, 0.25) is 0 Å². The van der Waals surface area contributed by atoms with E-state index < -0.39 is 0 Å². The molecule has 1 aliphatic rings. The molecule has 24 heavy (non-hydrogen) atoms. The van der Waals surface area contributed by atoms with Crippen molar-refractivity contribution in [2.75, 3.05) is 4.90 Å². The molecule has 0 aliphatic carbocycles. The number of rotatable bonds is 3. The zero-order chi connectivity index (χ0) is 16.7. The fraction of sp³-hybridized carbons (Fsp3) is 0.111. The van der Waals surface area contributed by atoms with Gasteiger partial charge in [0.05, 0.1) is 34.4 Å². The predicted molar refractivity (Wildman–Crippen MR) is 88.3 cm³/mol. The van der Waals surface area contributed by atoms with Crippen LogP contribution in [0.25, 0.3) is 5.69 Å². The lowest BCUT2D eigenvalue weighted by molar-refractivity contribution is 0.0926. The van der Waals surface area contributed by atoms with Crippen molar-refractivity contribution in [2.45, 2.75) is 13.3 Å². The molecule has 0 saturated heterocycles. The number of aromatic nitrogens is 3. The Balaban J connectivity index is 1.67. The first kappa shape index (κ1) is 14.3. The summed E-state index contributed by atoms with van der Waals surface area (Å²) in [5, 5.41) is 8.12. The lowest BCUT2D eigenvalue weighted by Crippen LogP contribution is -2.29. The smallest absolute Gasteiger partial charge is 0.266 e. The molecule has 1 aliphatic heterocycles. The maximum atomic E-state index is 12.5. The van der Waals surface area contributed by atoms with Gasteiger partial charge >= 0.3 is 0 Å². The van der Waals surface area contributed by atoms with Crippen LogP contribution < -0.4 is 4.90 Å². The number of hydrogen-bond acceptors (Lipinski definition) is 4. The largest absolute Gasteiger partial charge is 0.268 e. The van der Waals surface area contributed by atoms with Gasteiger partial charge in [-0.05, 0) is 42.8 Å². The fourth-order valence-electron chi connectivity index (χ4n) is 2.76. The van der Waals surface area contributed by atoms with E-state index in [-0.39, 0.29) is 11.8 Å². The zero-order valence-corrected chi connectivity index (χ0v) is 13.0. The van der Waals surface area contributed by atoms with Crippen molar-refractivity contribution < 1.29 is 9.59 Å². The Hall–Kier alpha value is -3.28. The van der Waals surface area contributed by atoms with E-state index in [9.17, 15) is 9.59 Å². The fourth-order valence-corrected chi connectivity index (χ4v) is 2.76. The first-order chi connectivity index (χ1) is 11.7. The Morgan fingerprint density at radius 1 is 0.875 bits per heavy atom. The van der Waals surface area contributed by atoms with E-state index in [4.69, 9.17) is 0 Å². The van der Waals surface area contributed by atoms with Crippen molar-refractivity contribution in [2.24, 2.45) is 0 Å². The SMILES string of the molecule is CCc1cn(-c2ccc(N3C(=O)c4ccccc4C3=O)cc2)nn1. The number of carbonyl (C=O) groups is 2. The van der Waals surface area contributed by atoms with E-state index >= 15 is 0 Å². The maximum absolute atomic E-state index is 12.5. The third kappa shape index (κ3) is 2.11. The van der Waals surface area contributed by atoms with Gasteiger partial charge in [0.25, 0.3) is 11.8 Å². The van der Waals surface area contributed by atoms with Crippen LogP contribution in [-0.2, 0) is 6.42 Å². The van der Waals surface area contributed by atoms with Crippen LogP contribution in [0.1, 0.15) is 33.3 Å². The second kappa shape index (κ2) is 5.42. The van der Waals surface area contributed by atoms with Crippen molar-refractivity contribution in [3.05, 3.63) is 71.5 Å². The summed E-state index contributed by atoms with van der Waals surface area (Å²) in [6.45, 7) is 2.01. The summed E-state index contributed by atoms with van der Waals surface area (Å²) < 4.78 is 1.67. The molecule has 0 spiro atoms. The van der Waals surface area contributed by atoms with Crippen LogP contribution in [-0.4, -0.2) is 26.8 Å². The minimum atomic E-state index is -0.294. The number of fused-ring (bicyclic) bond motifs is 1. The number of carbonyl (C=O) groups excluding carboxylic acids is 2. The summed E-state index contributed by atoms with van der Waals surface area (Å²) in [5.74, 6) is -0.588. The molecule has 0 saturated carbocycles. The van der Waals surface area contributed by atoms with Gasteiger partial charge < -0.3 is 0 Å². The lowest BCUT2D eigenvalue weighted by atomic mass is 10.1. The summed E-state index contributed by atoms with van der Waals surface area (Å²) >= 11 is 0. The van der Waals surface area contributed by atoms with E-state index in [1.807, 2.05) is 25.3 Å². The monoisotopic (exact) mass is 318 g/mol. The van der Waals surface area contributed by atoms with E-state index in [0.717, 1.165) is 17.8 Å². The van der Waals surface area contributed by atoms with Crippen LogP contribution in [0.5, 0.6) is 0 Å². The van der Waals surface area contributed by atoms with Gasteiger partial charge in [-0.25, -0.2) is 9.58 Å². The third-order valence-electron chi connectivity index (χ3n) is 4.07. The van der Waals surface area contributed by atoms with Crippen LogP contribution in [0.3, 0.4) is 0 Å².